The smallest absolute Gasteiger partial charge is 0.255 e. The molecular weight excluding hydrogens is 442 g/mol. The molecule has 0 aromatic carbocycles. The lowest BCUT2D eigenvalue weighted by atomic mass is 10.1. The number of carbonyl (C=O) groups excluding carboxylic acids is 1. The SMILES string of the molecule is CC(=O)N1CCC(Nc2ncc3c(-c4cnc5c(c4)N(CC(F)F)CC(C)=N5)ccn3n2)CC1. The first-order chi connectivity index (χ1) is 16.4. The van der Waals surface area contributed by atoms with E-state index in [4.69, 9.17) is 0 Å². The fourth-order valence-electron chi connectivity index (χ4n) is 4.55. The van der Waals surface area contributed by atoms with E-state index < -0.39 is 6.43 Å². The Kier molecular flexibility index (Phi) is 5.84. The number of likely N-dealkylation sites (tertiary alicyclic amines) is 1. The van der Waals surface area contributed by atoms with Crippen molar-refractivity contribution in [2.45, 2.75) is 39.2 Å². The van der Waals surface area contributed by atoms with Crippen LogP contribution in [0.4, 0.5) is 26.2 Å². The van der Waals surface area contributed by atoms with Crippen LogP contribution in [0.5, 0.6) is 0 Å². The van der Waals surface area contributed by atoms with Gasteiger partial charge in [0, 0.05) is 55.3 Å². The van der Waals surface area contributed by atoms with Crippen LogP contribution in [0.15, 0.2) is 35.7 Å². The maximum absolute atomic E-state index is 13.1. The highest BCUT2D eigenvalue weighted by Gasteiger charge is 2.24. The Hall–Kier alpha value is -3.63. The summed E-state index contributed by atoms with van der Waals surface area (Å²) >= 11 is 0. The van der Waals surface area contributed by atoms with Gasteiger partial charge in [0.15, 0.2) is 5.82 Å². The van der Waals surface area contributed by atoms with Crippen molar-refractivity contribution in [2.24, 2.45) is 4.99 Å². The number of alkyl halides is 2. The summed E-state index contributed by atoms with van der Waals surface area (Å²) in [6.45, 7) is 4.83. The number of amides is 1. The van der Waals surface area contributed by atoms with Crippen molar-refractivity contribution >= 4 is 34.6 Å². The van der Waals surface area contributed by atoms with E-state index in [1.54, 1.807) is 28.7 Å². The topological polar surface area (TPSA) is 91.0 Å². The first-order valence-corrected chi connectivity index (χ1v) is 11.3. The zero-order valence-electron chi connectivity index (χ0n) is 19.1. The molecule has 11 heteroatoms. The second kappa shape index (κ2) is 8.96. The predicted octanol–water partition coefficient (Wildman–Crippen LogP) is 3.39. The molecule has 0 radical (unpaired) electrons. The van der Waals surface area contributed by atoms with Crippen molar-refractivity contribution in [3.63, 3.8) is 0 Å². The number of nitrogens with zero attached hydrogens (tertiary/aromatic N) is 7. The number of carbonyl (C=O) groups is 1. The fraction of sp³-hybridized carbons (Fsp3) is 0.435. The third kappa shape index (κ3) is 4.42. The number of hydrogen-bond donors (Lipinski definition) is 1. The normalized spacial score (nSPS) is 16.7. The second-order valence-corrected chi connectivity index (χ2v) is 8.75. The van der Waals surface area contributed by atoms with Gasteiger partial charge in [-0.15, -0.1) is 5.10 Å². The minimum absolute atomic E-state index is 0.104. The molecule has 178 valence electrons. The first kappa shape index (κ1) is 22.2. The number of nitrogens with one attached hydrogen (secondary N) is 1. The zero-order valence-corrected chi connectivity index (χ0v) is 19.1. The lowest BCUT2D eigenvalue weighted by Gasteiger charge is -2.31. The number of fused-ring (bicyclic) bond motifs is 2. The van der Waals surface area contributed by atoms with E-state index in [-0.39, 0.29) is 18.5 Å². The van der Waals surface area contributed by atoms with E-state index in [1.807, 2.05) is 30.2 Å². The molecule has 5 rings (SSSR count). The van der Waals surface area contributed by atoms with Crippen LogP contribution in [0.25, 0.3) is 16.6 Å². The van der Waals surface area contributed by atoms with Crippen molar-refractivity contribution < 1.29 is 13.6 Å². The molecule has 5 heterocycles. The van der Waals surface area contributed by atoms with Crippen molar-refractivity contribution in [2.75, 3.05) is 36.4 Å². The third-order valence-corrected chi connectivity index (χ3v) is 6.26. The Morgan fingerprint density at radius 2 is 2.03 bits per heavy atom. The average molecular weight is 469 g/mol. The summed E-state index contributed by atoms with van der Waals surface area (Å²) < 4.78 is 28.0. The van der Waals surface area contributed by atoms with E-state index in [9.17, 15) is 13.6 Å². The van der Waals surface area contributed by atoms with Crippen LogP contribution in [-0.2, 0) is 4.79 Å². The Balaban J connectivity index is 1.38. The number of piperidine rings is 1. The number of hydrogen-bond acceptors (Lipinski definition) is 7. The van der Waals surface area contributed by atoms with Gasteiger partial charge >= 0.3 is 0 Å². The molecule has 3 aromatic rings. The van der Waals surface area contributed by atoms with Gasteiger partial charge in [-0.05, 0) is 31.9 Å². The van der Waals surface area contributed by atoms with Gasteiger partial charge in [-0.25, -0.2) is 28.3 Å². The highest BCUT2D eigenvalue weighted by molar-refractivity contribution is 5.94. The van der Waals surface area contributed by atoms with Gasteiger partial charge in [-0.1, -0.05) is 0 Å². The molecule has 0 aliphatic carbocycles. The van der Waals surface area contributed by atoms with Gasteiger partial charge in [-0.3, -0.25) is 4.79 Å². The minimum atomic E-state index is -2.45. The van der Waals surface area contributed by atoms with Crippen LogP contribution in [0.1, 0.15) is 26.7 Å². The molecule has 1 saturated heterocycles. The van der Waals surface area contributed by atoms with Crippen LogP contribution < -0.4 is 10.2 Å². The lowest BCUT2D eigenvalue weighted by molar-refractivity contribution is -0.129. The lowest BCUT2D eigenvalue weighted by Crippen LogP contribution is -2.41. The molecule has 0 unspecified atom stereocenters. The second-order valence-electron chi connectivity index (χ2n) is 8.75. The third-order valence-electron chi connectivity index (χ3n) is 6.26. The average Bonchev–Trinajstić information content (AvgIpc) is 3.22. The van der Waals surface area contributed by atoms with E-state index in [2.05, 4.69) is 25.4 Å². The van der Waals surface area contributed by atoms with E-state index >= 15 is 0 Å². The number of aromatic nitrogens is 4. The van der Waals surface area contributed by atoms with Crippen LogP contribution in [-0.4, -0.2) is 74.7 Å². The maximum atomic E-state index is 13.1. The molecule has 0 atom stereocenters. The Morgan fingerprint density at radius 1 is 1.24 bits per heavy atom. The number of pyridine rings is 1. The Bertz CT molecular complexity index is 1250. The summed E-state index contributed by atoms with van der Waals surface area (Å²) in [5.74, 6) is 1.08. The minimum Gasteiger partial charge on any atom is -0.357 e. The molecule has 1 fully saturated rings. The van der Waals surface area contributed by atoms with Crippen LogP contribution in [0.2, 0.25) is 0 Å². The monoisotopic (exact) mass is 468 g/mol. The van der Waals surface area contributed by atoms with E-state index in [1.165, 1.54) is 0 Å². The Labute approximate surface area is 195 Å². The molecule has 1 amide bonds. The molecule has 3 aromatic heterocycles. The van der Waals surface area contributed by atoms with Crippen molar-refractivity contribution in [3.05, 3.63) is 30.7 Å². The van der Waals surface area contributed by atoms with Crippen LogP contribution >= 0.6 is 0 Å². The van der Waals surface area contributed by atoms with Gasteiger partial charge in [0.2, 0.25) is 11.9 Å². The summed E-state index contributed by atoms with van der Waals surface area (Å²) in [4.78, 5) is 28.3. The fourth-order valence-corrected chi connectivity index (χ4v) is 4.55. The van der Waals surface area contributed by atoms with Crippen molar-refractivity contribution in [1.29, 1.82) is 0 Å². The van der Waals surface area contributed by atoms with Gasteiger partial charge in [0.25, 0.3) is 6.43 Å². The highest BCUT2D eigenvalue weighted by Crippen LogP contribution is 2.35. The zero-order chi connectivity index (χ0) is 23.8. The highest BCUT2D eigenvalue weighted by atomic mass is 19.3. The Morgan fingerprint density at radius 3 is 2.76 bits per heavy atom. The van der Waals surface area contributed by atoms with Gasteiger partial charge in [0.05, 0.1) is 30.5 Å². The van der Waals surface area contributed by atoms with Gasteiger partial charge in [0.1, 0.15) is 0 Å². The number of rotatable bonds is 5. The molecule has 0 bridgehead atoms. The summed E-state index contributed by atoms with van der Waals surface area (Å²) in [5.41, 5.74) is 3.78. The largest absolute Gasteiger partial charge is 0.357 e. The number of halogens is 2. The van der Waals surface area contributed by atoms with Crippen LogP contribution in [0.3, 0.4) is 0 Å². The van der Waals surface area contributed by atoms with E-state index in [0.717, 1.165) is 48.3 Å². The molecule has 2 aliphatic rings. The predicted molar refractivity (Wildman–Crippen MR) is 126 cm³/mol. The standard InChI is InChI=1S/C23H26F2N8O/c1-14-12-32(13-21(24)25)19-9-16(10-26-22(19)28-14)18-5-8-33-20(18)11-27-23(30-33)29-17-3-6-31(7-4-17)15(2)34/h5,8-11,17,21H,3-4,6-7,12-13H2,1-2H3,(H,29,30). The number of anilines is 2. The molecule has 34 heavy (non-hydrogen) atoms. The van der Waals surface area contributed by atoms with Crippen molar-refractivity contribution in [3.8, 4) is 11.1 Å². The molecular formula is C23H26F2N8O. The molecule has 1 N–H and O–H groups in total. The molecule has 9 nitrogen and oxygen atoms in total. The summed E-state index contributed by atoms with van der Waals surface area (Å²) in [6.07, 6.45) is 4.52. The number of aliphatic imine (C=N–C) groups is 1. The van der Waals surface area contributed by atoms with Gasteiger partial charge in [-0.2, -0.15) is 0 Å². The molecule has 2 aliphatic heterocycles. The van der Waals surface area contributed by atoms with Crippen molar-refractivity contribution in [1.82, 2.24) is 24.5 Å². The maximum Gasteiger partial charge on any atom is 0.255 e. The molecule has 0 spiro atoms. The first-order valence-electron chi connectivity index (χ1n) is 11.3. The summed E-state index contributed by atoms with van der Waals surface area (Å²) in [6, 6.07) is 3.97. The van der Waals surface area contributed by atoms with Crippen LogP contribution in [0, 0.1) is 0 Å². The molecule has 0 saturated carbocycles. The summed E-state index contributed by atoms with van der Waals surface area (Å²) in [7, 11) is 0. The summed E-state index contributed by atoms with van der Waals surface area (Å²) in [5, 5.41) is 7.95. The van der Waals surface area contributed by atoms with Gasteiger partial charge < -0.3 is 15.1 Å². The van der Waals surface area contributed by atoms with E-state index in [0.29, 0.717) is 24.0 Å². The quantitative estimate of drug-likeness (QED) is 0.617.